The standard InChI is InChI=1S/C27H26Cl2N4O/c1-14(34)30-22-12-17-4-2-3-5-19(17)25(22)33-27-24(16-8-9-16)31-26(23(32-27)15-6-7-15)20-11-10-18(28)13-21(20)29/h2-5,10-11,13,15-16,22,25H,6-9,12H2,1H3,(H,30,34)(H,32,33)/t22-,25+/m1/s1. The number of fused-ring (bicyclic) bond motifs is 1. The van der Waals surface area contributed by atoms with E-state index in [4.69, 9.17) is 33.2 Å². The fourth-order valence-electron chi connectivity index (χ4n) is 5.05. The predicted molar refractivity (Wildman–Crippen MR) is 136 cm³/mol. The van der Waals surface area contributed by atoms with E-state index in [0.717, 1.165) is 60.6 Å². The number of nitrogens with zero attached hydrogens (tertiary/aromatic N) is 2. The summed E-state index contributed by atoms with van der Waals surface area (Å²) in [6.07, 6.45) is 5.23. The SMILES string of the molecule is CC(=O)N[C@@H]1Cc2ccccc2[C@@H]1Nc1nc(C2CC2)c(-c2ccc(Cl)cc2Cl)nc1C1CC1. The van der Waals surface area contributed by atoms with E-state index in [1.165, 1.54) is 11.1 Å². The maximum absolute atomic E-state index is 12.0. The third-order valence-corrected chi connectivity index (χ3v) is 7.53. The number of halogens is 2. The molecule has 2 saturated carbocycles. The van der Waals surface area contributed by atoms with Crippen molar-refractivity contribution in [2.24, 2.45) is 0 Å². The molecule has 3 aliphatic carbocycles. The Morgan fingerprint density at radius 2 is 1.71 bits per heavy atom. The number of aromatic nitrogens is 2. The van der Waals surface area contributed by atoms with Crippen molar-refractivity contribution in [1.29, 1.82) is 0 Å². The topological polar surface area (TPSA) is 66.9 Å². The lowest BCUT2D eigenvalue weighted by Crippen LogP contribution is -2.39. The van der Waals surface area contributed by atoms with Crippen molar-refractivity contribution in [3.63, 3.8) is 0 Å². The molecule has 2 fully saturated rings. The third kappa shape index (κ3) is 4.16. The first-order valence-corrected chi connectivity index (χ1v) is 12.7. The quantitative estimate of drug-likeness (QED) is 0.416. The number of nitrogens with one attached hydrogen (secondary N) is 2. The largest absolute Gasteiger partial charge is 0.360 e. The van der Waals surface area contributed by atoms with Gasteiger partial charge in [-0.05, 0) is 61.4 Å². The second-order valence-corrected chi connectivity index (χ2v) is 10.5. The number of anilines is 1. The van der Waals surface area contributed by atoms with Crippen LogP contribution in [-0.4, -0.2) is 21.9 Å². The summed E-state index contributed by atoms with van der Waals surface area (Å²) in [6.45, 7) is 1.57. The molecule has 1 heterocycles. The molecule has 0 saturated heterocycles. The van der Waals surface area contributed by atoms with Crippen LogP contribution in [0.25, 0.3) is 11.3 Å². The highest BCUT2D eigenvalue weighted by molar-refractivity contribution is 6.36. The molecule has 3 aromatic rings. The number of carbonyl (C=O) groups excluding carboxylic acids is 1. The van der Waals surface area contributed by atoms with Gasteiger partial charge in [0.25, 0.3) is 0 Å². The average Bonchev–Trinajstić information content (AvgIpc) is 3.72. The van der Waals surface area contributed by atoms with Gasteiger partial charge in [0.15, 0.2) is 0 Å². The van der Waals surface area contributed by atoms with E-state index in [1.807, 2.05) is 12.1 Å². The first-order chi connectivity index (χ1) is 16.5. The van der Waals surface area contributed by atoms with Gasteiger partial charge in [-0.25, -0.2) is 9.97 Å². The molecule has 0 radical (unpaired) electrons. The molecule has 6 rings (SSSR count). The second-order valence-electron chi connectivity index (χ2n) is 9.70. The Labute approximate surface area is 209 Å². The van der Waals surface area contributed by atoms with E-state index in [2.05, 4.69) is 34.9 Å². The third-order valence-electron chi connectivity index (χ3n) is 6.98. The second kappa shape index (κ2) is 8.54. The molecule has 0 spiro atoms. The van der Waals surface area contributed by atoms with Gasteiger partial charge in [-0.3, -0.25) is 4.79 Å². The van der Waals surface area contributed by atoms with Gasteiger partial charge >= 0.3 is 0 Å². The fourth-order valence-corrected chi connectivity index (χ4v) is 5.54. The van der Waals surface area contributed by atoms with Gasteiger partial charge in [-0.1, -0.05) is 47.5 Å². The summed E-state index contributed by atoms with van der Waals surface area (Å²) in [7, 11) is 0. The van der Waals surface area contributed by atoms with Crippen LogP contribution in [0.5, 0.6) is 0 Å². The summed E-state index contributed by atoms with van der Waals surface area (Å²) in [5, 5.41) is 8.08. The molecule has 3 aliphatic rings. The van der Waals surface area contributed by atoms with E-state index in [1.54, 1.807) is 13.0 Å². The number of hydrogen-bond donors (Lipinski definition) is 2. The molecule has 5 nitrogen and oxygen atoms in total. The number of benzene rings is 2. The molecule has 0 bridgehead atoms. The van der Waals surface area contributed by atoms with Crippen molar-refractivity contribution in [2.75, 3.05) is 5.32 Å². The zero-order valence-corrected chi connectivity index (χ0v) is 20.5. The Hall–Kier alpha value is -2.63. The number of rotatable bonds is 6. The average molecular weight is 493 g/mol. The van der Waals surface area contributed by atoms with Gasteiger partial charge in [0.05, 0.1) is 34.2 Å². The Morgan fingerprint density at radius 1 is 0.971 bits per heavy atom. The van der Waals surface area contributed by atoms with Gasteiger partial charge in [-0.15, -0.1) is 0 Å². The van der Waals surface area contributed by atoms with Gasteiger partial charge < -0.3 is 10.6 Å². The van der Waals surface area contributed by atoms with Crippen LogP contribution in [-0.2, 0) is 11.2 Å². The minimum atomic E-state index is -0.0519. The first kappa shape index (κ1) is 21.9. The fraction of sp³-hybridized carbons (Fsp3) is 0.370. The zero-order chi connectivity index (χ0) is 23.4. The van der Waals surface area contributed by atoms with Gasteiger partial charge in [-0.2, -0.15) is 0 Å². The molecular formula is C27H26Cl2N4O. The molecule has 2 aromatic carbocycles. The van der Waals surface area contributed by atoms with E-state index in [0.29, 0.717) is 21.9 Å². The normalized spacial score (nSPS) is 21.3. The minimum absolute atomic E-state index is 0.0236. The van der Waals surface area contributed by atoms with Gasteiger partial charge in [0, 0.05) is 29.3 Å². The van der Waals surface area contributed by atoms with Crippen LogP contribution < -0.4 is 10.6 Å². The monoisotopic (exact) mass is 492 g/mol. The lowest BCUT2D eigenvalue weighted by Gasteiger charge is -2.25. The summed E-state index contributed by atoms with van der Waals surface area (Å²) in [4.78, 5) is 22.4. The molecule has 0 unspecified atom stereocenters. The number of carbonyl (C=O) groups is 1. The molecule has 2 atom stereocenters. The summed E-state index contributed by atoms with van der Waals surface area (Å²) in [5.74, 6) is 1.61. The summed E-state index contributed by atoms with van der Waals surface area (Å²) >= 11 is 12.8. The van der Waals surface area contributed by atoms with E-state index in [9.17, 15) is 4.79 Å². The zero-order valence-electron chi connectivity index (χ0n) is 18.9. The Morgan fingerprint density at radius 3 is 2.41 bits per heavy atom. The van der Waals surface area contributed by atoms with Crippen molar-refractivity contribution in [3.05, 3.63) is 75.0 Å². The molecule has 2 N–H and O–H groups in total. The van der Waals surface area contributed by atoms with Crippen molar-refractivity contribution < 1.29 is 4.79 Å². The van der Waals surface area contributed by atoms with Crippen molar-refractivity contribution in [2.45, 2.75) is 62.9 Å². The maximum atomic E-state index is 12.0. The molecular weight excluding hydrogens is 467 g/mol. The van der Waals surface area contributed by atoms with Crippen molar-refractivity contribution in [1.82, 2.24) is 15.3 Å². The van der Waals surface area contributed by atoms with Crippen LogP contribution in [0.1, 0.15) is 73.0 Å². The van der Waals surface area contributed by atoms with Crippen molar-refractivity contribution >= 4 is 34.9 Å². The Balaban J connectivity index is 1.44. The number of hydrogen-bond acceptors (Lipinski definition) is 4. The first-order valence-electron chi connectivity index (χ1n) is 12.0. The molecule has 1 amide bonds. The molecule has 1 aromatic heterocycles. The van der Waals surface area contributed by atoms with Crippen LogP contribution in [0.2, 0.25) is 10.0 Å². The highest BCUT2D eigenvalue weighted by Crippen LogP contribution is 2.49. The van der Waals surface area contributed by atoms with Crippen LogP contribution in [0.3, 0.4) is 0 Å². The van der Waals surface area contributed by atoms with Crippen LogP contribution in [0.4, 0.5) is 5.82 Å². The molecule has 0 aliphatic heterocycles. The lowest BCUT2D eigenvalue weighted by atomic mass is 10.0. The predicted octanol–water partition coefficient (Wildman–Crippen LogP) is 6.42. The van der Waals surface area contributed by atoms with E-state index < -0.39 is 0 Å². The van der Waals surface area contributed by atoms with Crippen LogP contribution in [0.15, 0.2) is 42.5 Å². The molecule has 34 heavy (non-hydrogen) atoms. The Kier molecular flexibility index (Phi) is 5.50. The summed E-state index contributed by atoms with van der Waals surface area (Å²) in [6, 6.07) is 13.9. The summed E-state index contributed by atoms with van der Waals surface area (Å²) in [5.41, 5.74) is 6.22. The highest BCUT2D eigenvalue weighted by atomic mass is 35.5. The smallest absolute Gasteiger partial charge is 0.217 e. The Bertz CT molecular complexity index is 1290. The molecule has 174 valence electrons. The molecule has 7 heteroatoms. The van der Waals surface area contributed by atoms with E-state index in [-0.39, 0.29) is 18.0 Å². The van der Waals surface area contributed by atoms with Gasteiger partial charge in [0.1, 0.15) is 5.82 Å². The highest BCUT2D eigenvalue weighted by Gasteiger charge is 2.38. The van der Waals surface area contributed by atoms with Crippen LogP contribution in [0, 0.1) is 0 Å². The number of amides is 1. The summed E-state index contributed by atoms with van der Waals surface area (Å²) < 4.78 is 0. The minimum Gasteiger partial charge on any atom is -0.360 e. The van der Waals surface area contributed by atoms with E-state index >= 15 is 0 Å². The van der Waals surface area contributed by atoms with Crippen molar-refractivity contribution in [3.8, 4) is 11.3 Å². The van der Waals surface area contributed by atoms with Crippen LogP contribution >= 0.6 is 23.2 Å². The van der Waals surface area contributed by atoms with Gasteiger partial charge in [0.2, 0.25) is 5.91 Å². The maximum Gasteiger partial charge on any atom is 0.217 e. The lowest BCUT2D eigenvalue weighted by molar-refractivity contribution is -0.119.